The Bertz CT molecular complexity index is 1230. The van der Waals surface area contributed by atoms with Crippen molar-refractivity contribution in [3.63, 3.8) is 0 Å². The van der Waals surface area contributed by atoms with Gasteiger partial charge in [-0.05, 0) is 60.4 Å². The summed E-state index contributed by atoms with van der Waals surface area (Å²) in [4.78, 5) is 27.5. The molecule has 1 aromatic heterocycles. The van der Waals surface area contributed by atoms with Crippen LogP contribution in [0.1, 0.15) is 58.3 Å². The van der Waals surface area contributed by atoms with Gasteiger partial charge < -0.3 is 15.4 Å². The van der Waals surface area contributed by atoms with Crippen molar-refractivity contribution in [2.45, 2.75) is 40.0 Å². The zero-order valence-corrected chi connectivity index (χ0v) is 20.6. The largest absolute Gasteiger partial charge is 0.495 e. The molecule has 178 valence electrons. The predicted octanol–water partition coefficient (Wildman–Crippen LogP) is 6.55. The van der Waals surface area contributed by atoms with Gasteiger partial charge in [-0.15, -0.1) is 11.3 Å². The number of amides is 2. The summed E-state index contributed by atoms with van der Waals surface area (Å²) in [6.07, 6.45) is 2.55. The topological polar surface area (TPSA) is 67.4 Å². The molecular weight excluding hydrogens is 451 g/mol. The molecule has 1 aliphatic carbocycles. The first-order valence-corrected chi connectivity index (χ1v) is 12.2. The lowest BCUT2D eigenvalue weighted by atomic mass is 9.72. The third-order valence-corrected chi connectivity index (χ3v) is 7.59. The van der Waals surface area contributed by atoms with Gasteiger partial charge >= 0.3 is 0 Å². The molecule has 0 radical (unpaired) electrons. The molecule has 5 nitrogen and oxygen atoms in total. The maximum absolute atomic E-state index is 14.2. The zero-order chi connectivity index (χ0) is 24.5. The van der Waals surface area contributed by atoms with Crippen LogP contribution in [0.15, 0.2) is 48.5 Å². The number of carbonyl (C=O) groups is 2. The average molecular weight is 481 g/mol. The number of ether oxygens (including phenoxy) is 1. The van der Waals surface area contributed by atoms with Crippen LogP contribution in [0, 0.1) is 17.2 Å². The Morgan fingerprint density at radius 1 is 1.03 bits per heavy atom. The van der Waals surface area contributed by atoms with Crippen LogP contribution in [0.2, 0.25) is 0 Å². The van der Waals surface area contributed by atoms with Crippen molar-refractivity contribution in [3.05, 3.63) is 75.9 Å². The number of benzene rings is 2. The highest BCUT2D eigenvalue weighted by Crippen LogP contribution is 2.44. The monoisotopic (exact) mass is 480 g/mol. The Kier molecular flexibility index (Phi) is 6.75. The lowest BCUT2D eigenvalue weighted by molar-refractivity contribution is 0.102. The van der Waals surface area contributed by atoms with Gasteiger partial charge in [-0.3, -0.25) is 9.59 Å². The van der Waals surface area contributed by atoms with Gasteiger partial charge in [0.15, 0.2) is 0 Å². The van der Waals surface area contributed by atoms with Crippen molar-refractivity contribution in [3.8, 4) is 5.75 Å². The molecule has 1 atom stereocenters. The van der Waals surface area contributed by atoms with Gasteiger partial charge in [0.1, 0.15) is 16.6 Å². The van der Waals surface area contributed by atoms with Crippen LogP contribution in [-0.2, 0) is 12.8 Å². The normalized spacial score (nSPS) is 15.4. The highest BCUT2D eigenvalue weighted by atomic mass is 32.1. The summed E-state index contributed by atoms with van der Waals surface area (Å²) in [6.45, 7) is 6.69. The molecule has 34 heavy (non-hydrogen) atoms. The molecule has 0 fully saturated rings. The van der Waals surface area contributed by atoms with Crippen LogP contribution >= 0.6 is 11.3 Å². The second-order valence-electron chi connectivity index (χ2n) is 9.60. The van der Waals surface area contributed by atoms with Gasteiger partial charge in [-0.1, -0.05) is 45.0 Å². The van der Waals surface area contributed by atoms with E-state index in [1.807, 2.05) is 12.1 Å². The zero-order valence-electron chi connectivity index (χ0n) is 19.8. The summed E-state index contributed by atoms with van der Waals surface area (Å²) in [5.41, 5.74) is 2.03. The molecule has 0 saturated heterocycles. The smallest absolute Gasteiger partial charge is 0.259 e. The number of carbonyl (C=O) groups excluding carboxylic acids is 2. The van der Waals surface area contributed by atoms with Crippen molar-refractivity contribution in [1.29, 1.82) is 0 Å². The number of nitrogens with one attached hydrogen (secondary N) is 2. The molecule has 0 spiro atoms. The molecule has 7 heteroatoms. The lowest BCUT2D eigenvalue weighted by Gasteiger charge is -2.33. The van der Waals surface area contributed by atoms with Crippen molar-refractivity contribution >= 4 is 33.8 Å². The number of methoxy groups -OCH3 is 1. The van der Waals surface area contributed by atoms with Crippen LogP contribution < -0.4 is 15.4 Å². The number of hydrogen-bond donors (Lipinski definition) is 2. The number of halogens is 1. The van der Waals surface area contributed by atoms with Crippen molar-refractivity contribution < 1.29 is 18.7 Å². The molecule has 3 aromatic rings. The van der Waals surface area contributed by atoms with Crippen molar-refractivity contribution in [1.82, 2.24) is 0 Å². The van der Waals surface area contributed by atoms with E-state index in [-0.39, 0.29) is 16.9 Å². The summed E-state index contributed by atoms with van der Waals surface area (Å²) in [5.74, 6) is -0.479. The Hall–Kier alpha value is -3.19. The van der Waals surface area contributed by atoms with Crippen LogP contribution in [0.4, 0.5) is 15.1 Å². The molecule has 4 rings (SSSR count). The van der Waals surface area contributed by atoms with Crippen LogP contribution in [-0.4, -0.2) is 18.9 Å². The average Bonchev–Trinajstić information content (AvgIpc) is 3.16. The summed E-state index contributed by atoms with van der Waals surface area (Å²) in [5, 5.41) is 6.20. The summed E-state index contributed by atoms with van der Waals surface area (Å²) in [6, 6.07) is 13.0. The minimum atomic E-state index is -0.603. The molecule has 2 amide bonds. The van der Waals surface area contributed by atoms with Gasteiger partial charge in [0, 0.05) is 4.88 Å². The van der Waals surface area contributed by atoms with E-state index in [0.29, 0.717) is 27.9 Å². The van der Waals surface area contributed by atoms with E-state index in [0.717, 1.165) is 29.7 Å². The number of hydrogen-bond acceptors (Lipinski definition) is 4. The molecule has 0 saturated carbocycles. The first-order chi connectivity index (χ1) is 16.2. The number of para-hydroxylation sites is 2. The molecule has 1 aliphatic rings. The quantitative estimate of drug-likeness (QED) is 0.435. The fourth-order valence-corrected chi connectivity index (χ4v) is 5.72. The van der Waals surface area contributed by atoms with Gasteiger partial charge in [0.2, 0.25) is 0 Å². The standard InChI is InChI=1S/C27H29FN2O3S/c1-27(2,3)16-13-14-18-22(15-16)34-26(30-24(31)17-9-5-6-10-19(17)28)23(18)25(32)29-20-11-7-8-12-21(20)33-4/h5-12,16H,13-15H2,1-4H3,(H,29,32)(H,30,31). The summed E-state index contributed by atoms with van der Waals surface area (Å²) in [7, 11) is 1.55. The van der Waals surface area contributed by atoms with Crippen LogP contribution in [0.3, 0.4) is 0 Å². The maximum Gasteiger partial charge on any atom is 0.259 e. The first-order valence-electron chi connectivity index (χ1n) is 11.3. The summed E-state index contributed by atoms with van der Waals surface area (Å²) >= 11 is 1.41. The SMILES string of the molecule is COc1ccccc1NC(=O)c1c(NC(=O)c2ccccc2F)sc2c1CCC(C(C)(C)C)C2. The molecule has 0 aliphatic heterocycles. The lowest BCUT2D eigenvalue weighted by Crippen LogP contribution is -2.27. The van der Waals surface area contributed by atoms with E-state index in [1.165, 1.54) is 29.5 Å². The summed E-state index contributed by atoms with van der Waals surface area (Å²) < 4.78 is 19.6. The van der Waals surface area contributed by atoms with Crippen molar-refractivity contribution in [2.24, 2.45) is 11.3 Å². The maximum atomic E-state index is 14.2. The van der Waals surface area contributed by atoms with Gasteiger partial charge in [-0.2, -0.15) is 0 Å². The fraction of sp³-hybridized carbons (Fsp3) is 0.333. The molecule has 0 bridgehead atoms. The predicted molar refractivity (Wildman–Crippen MR) is 135 cm³/mol. The molecule has 2 aromatic carbocycles. The van der Waals surface area contributed by atoms with E-state index in [4.69, 9.17) is 4.74 Å². The van der Waals surface area contributed by atoms with E-state index in [9.17, 15) is 14.0 Å². The first kappa shape index (κ1) is 24.0. The second-order valence-corrected chi connectivity index (χ2v) is 10.7. The van der Waals surface area contributed by atoms with Crippen LogP contribution in [0.25, 0.3) is 0 Å². The van der Waals surface area contributed by atoms with Gasteiger partial charge in [-0.25, -0.2) is 4.39 Å². The van der Waals surface area contributed by atoms with Gasteiger partial charge in [0.05, 0.1) is 23.9 Å². The number of anilines is 2. The minimum Gasteiger partial charge on any atom is -0.495 e. The second kappa shape index (κ2) is 9.58. The van der Waals surface area contributed by atoms with E-state index in [1.54, 1.807) is 25.3 Å². The highest BCUT2D eigenvalue weighted by Gasteiger charge is 2.34. The fourth-order valence-electron chi connectivity index (χ4n) is 4.40. The third kappa shape index (κ3) is 4.85. The Morgan fingerprint density at radius 3 is 2.44 bits per heavy atom. The number of rotatable bonds is 5. The van der Waals surface area contributed by atoms with E-state index >= 15 is 0 Å². The highest BCUT2D eigenvalue weighted by molar-refractivity contribution is 7.17. The minimum absolute atomic E-state index is 0.0578. The third-order valence-electron chi connectivity index (χ3n) is 6.42. The van der Waals surface area contributed by atoms with E-state index < -0.39 is 11.7 Å². The molecule has 1 heterocycles. The van der Waals surface area contributed by atoms with E-state index in [2.05, 4.69) is 31.4 Å². The number of fused-ring (bicyclic) bond motifs is 1. The van der Waals surface area contributed by atoms with Crippen LogP contribution in [0.5, 0.6) is 5.75 Å². The Labute approximate surface area is 203 Å². The Morgan fingerprint density at radius 2 is 1.74 bits per heavy atom. The Balaban J connectivity index is 1.71. The van der Waals surface area contributed by atoms with Crippen molar-refractivity contribution in [2.75, 3.05) is 17.7 Å². The molecular formula is C27H29FN2O3S. The molecule has 2 N–H and O–H groups in total. The number of thiophene rings is 1. The molecule has 1 unspecified atom stereocenters. The van der Waals surface area contributed by atoms with Gasteiger partial charge in [0.25, 0.3) is 11.8 Å².